The van der Waals surface area contributed by atoms with E-state index in [4.69, 9.17) is 9.47 Å². The zero-order valence-electron chi connectivity index (χ0n) is 14.6. The van der Waals surface area contributed by atoms with E-state index < -0.39 is 5.79 Å². The molecule has 0 aliphatic carbocycles. The number of carbonyl (C=O) groups excluding carboxylic acids is 1. The van der Waals surface area contributed by atoms with Gasteiger partial charge in [-0.05, 0) is 50.6 Å². The van der Waals surface area contributed by atoms with E-state index >= 15 is 0 Å². The van der Waals surface area contributed by atoms with Gasteiger partial charge in [0, 0.05) is 37.0 Å². The fourth-order valence-corrected chi connectivity index (χ4v) is 3.45. The van der Waals surface area contributed by atoms with Crippen molar-refractivity contribution in [3.63, 3.8) is 0 Å². The highest BCUT2D eigenvalue weighted by molar-refractivity contribution is 5.95. The van der Waals surface area contributed by atoms with Gasteiger partial charge in [0.2, 0.25) is 0 Å². The van der Waals surface area contributed by atoms with Crippen LogP contribution in [0.1, 0.15) is 40.9 Å². The molecular formula is C20H23NO3. The summed E-state index contributed by atoms with van der Waals surface area (Å²) < 4.78 is 11.5. The second-order valence-corrected chi connectivity index (χ2v) is 5.93. The van der Waals surface area contributed by atoms with Gasteiger partial charge in [-0.1, -0.05) is 18.2 Å². The van der Waals surface area contributed by atoms with Crippen LogP contribution >= 0.6 is 0 Å². The quantitative estimate of drug-likeness (QED) is 0.783. The number of cyclic esters (lactones) is 1. The molecule has 126 valence electrons. The van der Waals surface area contributed by atoms with Crippen molar-refractivity contribution in [2.45, 2.75) is 26.6 Å². The second kappa shape index (κ2) is 6.29. The zero-order valence-corrected chi connectivity index (χ0v) is 14.6. The van der Waals surface area contributed by atoms with Crippen LogP contribution in [0.4, 0.5) is 5.69 Å². The van der Waals surface area contributed by atoms with Crippen LogP contribution in [0.15, 0.2) is 42.5 Å². The molecule has 0 radical (unpaired) electrons. The molecule has 2 aromatic carbocycles. The minimum absolute atomic E-state index is 0.348. The molecule has 4 nitrogen and oxygen atoms in total. The van der Waals surface area contributed by atoms with Gasteiger partial charge < -0.3 is 14.4 Å². The smallest absolute Gasteiger partial charge is 0.341 e. The van der Waals surface area contributed by atoms with Crippen molar-refractivity contribution in [2.75, 3.05) is 25.1 Å². The normalized spacial score (nSPS) is 19.1. The van der Waals surface area contributed by atoms with E-state index in [-0.39, 0.29) is 5.97 Å². The molecule has 2 aromatic rings. The monoisotopic (exact) mass is 325 g/mol. The number of hydrogen-bond acceptors (Lipinski definition) is 4. The molecule has 4 heteroatoms. The molecule has 1 aliphatic rings. The number of fused-ring (bicyclic) bond motifs is 1. The first-order valence-corrected chi connectivity index (χ1v) is 8.31. The van der Waals surface area contributed by atoms with E-state index in [1.807, 2.05) is 31.2 Å². The van der Waals surface area contributed by atoms with E-state index in [9.17, 15) is 4.79 Å². The molecule has 0 amide bonds. The highest BCUT2D eigenvalue weighted by atomic mass is 16.7. The number of rotatable bonds is 5. The van der Waals surface area contributed by atoms with Crippen molar-refractivity contribution >= 4 is 11.7 Å². The lowest BCUT2D eigenvalue weighted by Gasteiger charge is -2.30. The summed E-state index contributed by atoms with van der Waals surface area (Å²) in [5, 5.41) is 0. The van der Waals surface area contributed by atoms with Crippen LogP contribution in [0.3, 0.4) is 0 Å². The van der Waals surface area contributed by atoms with E-state index in [1.165, 1.54) is 0 Å². The first-order valence-electron chi connectivity index (χ1n) is 8.31. The van der Waals surface area contributed by atoms with E-state index in [0.717, 1.165) is 35.5 Å². The molecule has 0 spiro atoms. The maximum absolute atomic E-state index is 12.3. The predicted octanol–water partition coefficient (Wildman–Crippen LogP) is 3.86. The molecule has 3 rings (SSSR count). The molecule has 0 fully saturated rings. The first kappa shape index (κ1) is 16.5. The molecule has 0 saturated carbocycles. The Balaban J connectivity index is 2.12. The van der Waals surface area contributed by atoms with Gasteiger partial charge in [-0.3, -0.25) is 0 Å². The van der Waals surface area contributed by atoms with Crippen molar-refractivity contribution in [3.05, 3.63) is 64.7 Å². The first-order chi connectivity index (χ1) is 11.6. The van der Waals surface area contributed by atoms with Crippen molar-refractivity contribution in [3.8, 4) is 0 Å². The minimum atomic E-state index is -1.17. The zero-order chi connectivity index (χ0) is 17.3. The van der Waals surface area contributed by atoms with Crippen LogP contribution in [0.5, 0.6) is 0 Å². The number of benzene rings is 2. The third-order valence-electron chi connectivity index (χ3n) is 4.72. The number of methoxy groups -OCH3 is 1. The Bertz CT molecular complexity index is 767. The summed E-state index contributed by atoms with van der Waals surface area (Å²) in [6.07, 6.45) is 0. The Labute approximate surface area is 143 Å². The van der Waals surface area contributed by atoms with E-state index in [0.29, 0.717) is 5.56 Å². The van der Waals surface area contributed by atoms with Crippen LogP contribution in [0.25, 0.3) is 0 Å². The number of anilines is 1. The molecule has 24 heavy (non-hydrogen) atoms. The van der Waals surface area contributed by atoms with Crippen LogP contribution < -0.4 is 4.90 Å². The van der Waals surface area contributed by atoms with Gasteiger partial charge in [-0.2, -0.15) is 0 Å². The average Bonchev–Trinajstić information content (AvgIpc) is 2.90. The topological polar surface area (TPSA) is 38.8 Å². The van der Waals surface area contributed by atoms with Crippen LogP contribution in [-0.4, -0.2) is 26.2 Å². The molecule has 0 N–H and O–H groups in total. The summed E-state index contributed by atoms with van der Waals surface area (Å²) in [5.41, 5.74) is 4.37. The van der Waals surface area contributed by atoms with Gasteiger partial charge in [0.05, 0.1) is 5.56 Å². The molecule has 1 aliphatic heterocycles. The fraction of sp³-hybridized carbons (Fsp3) is 0.350. The Hall–Kier alpha value is -2.33. The largest absolute Gasteiger partial charge is 0.420 e. The molecule has 0 aromatic heterocycles. The van der Waals surface area contributed by atoms with E-state index in [1.54, 1.807) is 13.2 Å². The SMILES string of the molecule is CCN(CC)c1ccc(C2(OC)OC(=O)c3ccccc32)c(C)c1. The predicted molar refractivity (Wildman–Crippen MR) is 94.4 cm³/mol. The van der Waals surface area contributed by atoms with Crippen LogP contribution in [-0.2, 0) is 15.3 Å². The molecule has 1 heterocycles. The van der Waals surface area contributed by atoms with Gasteiger partial charge in [0.25, 0.3) is 5.79 Å². The standard InChI is InChI=1S/C20H23NO3/c1-5-21(6-2)15-11-12-17(14(3)13-15)20(23-4)18-10-8-7-9-16(18)19(22)24-20/h7-13H,5-6H2,1-4H3. The number of esters is 1. The summed E-state index contributed by atoms with van der Waals surface area (Å²) >= 11 is 0. The fourth-order valence-electron chi connectivity index (χ4n) is 3.45. The molecule has 1 unspecified atom stereocenters. The molecule has 1 atom stereocenters. The van der Waals surface area contributed by atoms with Crippen LogP contribution in [0, 0.1) is 6.92 Å². The number of nitrogens with zero attached hydrogens (tertiary/aromatic N) is 1. The molecule has 0 bridgehead atoms. The average molecular weight is 325 g/mol. The lowest BCUT2D eigenvalue weighted by Crippen LogP contribution is -2.31. The van der Waals surface area contributed by atoms with Gasteiger partial charge in [-0.15, -0.1) is 0 Å². The van der Waals surface area contributed by atoms with Crippen molar-refractivity contribution in [1.29, 1.82) is 0 Å². The summed E-state index contributed by atoms with van der Waals surface area (Å²) in [6.45, 7) is 8.19. The summed E-state index contributed by atoms with van der Waals surface area (Å²) in [7, 11) is 1.58. The van der Waals surface area contributed by atoms with Crippen molar-refractivity contribution in [1.82, 2.24) is 0 Å². The minimum Gasteiger partial charge on any atom is -0.420 e. The maximum atomic E-state index is 12.3. The molecule has 0 saturated heterocycles. The Morgan fingerprint density at radius 3 is 2.42 bits per heavy atom. The lowest BCUT2D eigenvalue weighted by atomic mass is 9.92. The summed E-state index contributed by atoms with van der Waals surface area (Å²) in [4.78, 5) is 14.6. The Kier molecular flexibility index (Phi) is 4.33. The van der Waals surface area contributed by atoms with Crippen molar-refractivity contribution in [2.24, 2.45) is 0 Å². The van der Waals surface area contributed by atoms with Gasteiger partial charge in [0.15, 0.2) is 0 Å². The summed E-state index contributed by atoms with van der Waals surface area (Å²) in [5.74, 6) is -1.51. The number of ether oxygens (including phenoxy) is 2. The van der Waals surface area contributed by atoms with Crippen LogP contribution in [0.2, 0.25) is 0 Å². The molecular weight excluding hydrogens is 302 g/mol. The third-order valence-corrected chi connectivity index (χ3v) is 4.72. The van der Waals surface area contributed by atoms with E-state index in [2.05, 4.69) is 30.9 Å². The number of hydrogen-bond donors (Lipinski definition) is 0. The highest BCUT2D eigenvalue weighted by Crippen LogP contribution is 2.44. The highest BCUT2D eigenvalue weighted by Gasteiger charge is 2.48. The second-order valence-electron chi connectivity index (χ2n) is 5.93. The Morgan fingerprint density at radius 2 is 1.79 bits per heavy atom. The number of carbonyl (C=O) groups is 1. The summed E-state index contributed by atoms with van der Waals surface area (Å²) in [6, 6.07) is 13.6. The lowest BCUT2D eigenvalue weighted by molar-refractivity contribution is -0.155. The maximum Gasteiger partial charge on any atom is 0.341 e. The van der Waals surface area contributed by atoms with Gasteiger partial charge in [0.1, 0.15) is 0 Å². The van der Waals surface area contributed by atoms with Crippen molar-refractivity contribution < 1.29 is 14.3 Å². The van der Waals surface area contributed by atoms with Gasteiger partial charge in [-0.25, -0.2) is 4.79 Å². The Morgan fingerprint density at radius 1 is 1.08 bits per heavy atom. The number of aryl methyl sites for hydroxylation is 1. The van der Waals surface area contributed by atoms with Gasteiger partial charge >= 0.3 is 5.97 Å². The third kappa shape index (κ3) is 2.38.